The average molecular weight is 220 g/mol. The first-order chi connectivity index (χ1) is 7.29. The molecule has 3 nitrogen and oxygen atoms in total. The molecule has 1 aromatic heterocycles. The lowest BCUT2D eigenvalue weighted by atomic mass is 10.2. The Morgan fingerprint density at radius 2 is 2.33 bits per heavy atom. The molecule has 0 aliphatic rings. The topological polar surface area (TPSA) is 42.3 Å². The Morgan fingerprint density at radius 1 is 1.47 bits per heavy atom. The molecule has 2 aromatic rings. The number of carbonyl (C=O) groups excluding carboxylic acids is 1. The highest BCUT2D eigenvalue weighted by Crippen LogP contribution is 2.26. The maximum atomic E-state index is 12.9. The standard InChI is InChI=1S/C10H5FN2OS/c11-8-3-1-2-7(4-8)9-5-15-10(13-9)12-6-14/h1-5H. The van der Waals surface area contributed by atoms with Crippen LogP contribution in [0.25, 0.3) is 11.3 Å². The zero-order chi connectivity index (χ0) is 10.7. The predicted octanol–water partition coefficient (Wildman–Crippen LogP) is 2.92. The average Bonchev–Trinajstić information content (AvgIpc) is 2.67. The molecule has 0 fully saturated rings. The largest absolute Gasteiger partial charge is 0.242 e. The van der Waals surface area contributed by atoms with Gasteiger partial charge in [-0.3, -0.25) is 0 Å². The molecule has 0 unspecified atom stereocenters. The van der Waals surface area contributed by atoms with E-state index in [9.17, 15) is 9.18 Å². The van der Waals surface area contributed by atoms with Crippen LogP contribution in [-0.2, 0) is 4.79 Å². The highest BCUT2D eigenvalue weighted by atomic mass is 32.1. The van der Waals surface area contributed by atoms with Crippen LogP contribution in [0.3, 0.4) is 0 Å². The Morgan fingerprint density at radius 3 is 3.07 bits per heavy atom. The Bertz CT molecular complexity index is 532. The van der Waals surface area contributed by atoms with Gasteiger partial charge in [0.1, 0.15) is 5.82 Å². The molecule has 15 heavy (non-hydrogen) atoms. The van der Waals surface area contributed by atoms with Crippen molar-refractivity contribution in [2.45, 2.75) is 0 Å². The van der Waals surface area contributed by atoms with E-state index in [1.54, 1.807) is 17.5 Å². The van der Waals surface area contributed by atoms with Crippen molar-refractivity contribution >= 4 is 22.5 Å². The number of hydrogen-bond acceptors (Lipinski definition) is 4. The molecule has 2 rings (SSSR count). The van der Waals surface area contributed by atoms with Gasteiger partial charge in [0.15, 0.2) is 0 Å². The summed E-state index contributed by atoms with van der Waals surface area (Å²) in [6, 6.07) is 6.09. The molecule has 1 heterocycles. The number of isocyanates is 1. The fourth-order valence-electron chi connectivity index (χ4n) is 1.14. The van der Waals surface area contributed by atoms with E-state index in [0.717, 1.165) is 0 Å². The fraction of sp³-hybridized carbons (Fsp3) is 0. The monoisotopic (exact) mass is 220 g/mol. The van der Waals surface area contributed by atoms with Gasteiger partial charge in [-0.15, -0.1) is 16.3 Å². The molecule has 0 aliphatic carbocycles. The summed E-state index contributed by atoms with van der Waals surface area (Å²) in [6.07, 6.45) is 1.41. The van der Waals surface area contributed by atoms with E-state index in [4.69, 9.17) is 0 Å². The number of nitrogens with zero attached hydrogens (tertiary/aromatic N) is 2. The molecule has 0 bridgehead atoms. The van der Waals surface area contributed by atoms with Crippen LogP contribution >= 0.6 is 11.3 Å². The lowest BCUT2D eigenvalue weighted by Gasteiger charge is -1.94. The highest BCUT2D eigenvalue weighted by molar-refractivity contribution is 7.13. The van der Waals surface area contributed by atoms with Crippen LogP contribution in [0, 0.1) is 5.82 Å². The Kier molecular flexibility index (Phi) is 2.67. The van der Waals surface area contributed by atoms with Gasteiger partial charge in [-0.1, -0.05) is 12.1 Å². The molecule has 0 saturated heterocycles. The van der Waals surface area contributed by atoms with Gasteiger partial charge in [0, 0.05) is 10.9 Å². The minimum atomic E-state index is -0.319. The molecule has 1 aromatic carbocycles. The first-order valence-corrected chi connectivity index (χ1v) is 4.97. The third kappa shape index (κ3) is 2.15. The number of aromatic nitrogens is 1. The summed E-state index contributed by atoms with van der Waals surface area (Å²) in [5.41, 5.74) is 1.27. The van der Waals surface area contributed by atoms with E-state index >= 15 is 0 Å². The SMILES string of the molecule is O=C=Nc1nc(-c2cccc(F)c2)cs1. The summed E-state index contributed by atoms with van der Waals surface area (Å²) in [7, 11) is 0. The minimum absolute atomic E-state index is 0.319. The molecular formula is C10H5FN2OS. The van der Waals surface area contributed by atoms with E-state index < -0.39 is 0 Å². The predicted molar refractivity (Wildman–Crippen MR) is 55.3 cm³/mol. The van der Waals surface area contributed by atoms with Crippen molar-refractivity contribution in [2.24, 2.45) is 4.99 Å². The molecule has 0 N–H and O–H groups in total. The molecule has 0 spiro atoms. The van der Waals surface area contributed by atoms with Crippen LogP contribution in [-0.4, -0.2) is 11.1 Å². The molecular weight excluding hydrogens is 215 g/mol. The second-order valence-electron chi connectivity index (χ2n) is 2.73. The molecule has 0 aliphatic heterocycles. The lowest BCUT2D eigenvalue weighted by Crippen LogP contribution is -1.78. The van der Waals surface area contributed by atoms with Gasteiger partial charge in [-0.2, -0.15) is 0 Å². The third-order valence-corrected chi connectivity index (χ3v) is 2.49. The van der Waals surface area contributed by atoms with Crippen molar-refractivity contribution in [3.05, 3.63) is 35.5 Å². The van der Waals surface area contributed by atoms with Crippen LogP contribution in [0.1, 0.15) is 0 Å². The number of benzene rings is 1. The number of halogens is 1. The summed E-state index contributed by atoms with van der Waals surface area (Å²) >= 11 is 1.21. The smallest absolute Gasteiger partial charge is 0.218 e. The van der Waals surface area contributed by atoms with Gasteiger partial charge in [0.2, 0.25) is 11.2 Å². The van der Waals surface area contributed by atoms with Gasteiger partial charge in [0.05, 0.1) is 5.69 Å². The Labute approximate surface area is 88.9 Å². The Hall–Kier alpha value is -1.84. The number of rotatable bonds is 2. The molecule has 0 radical (unpaired) electrons. The van der Waals surface area contributed by atoms with E-state index in [1.807, 2.05) is 0 Å². The lowest BCUT2D eigenvalue weighted by molar-refractivity contribution is 0.565. The summed E-state index contributed by atoms with van der Waals surface area (Å²) < 4.78 is 12.9. The van der Waals surface area contributed by atoms with Crippen LogP contribution in [0.15, 0.2) is 34.6 Å². The van der Waals surface area contributed by atoms with E-state index in [2.05, 4.69) is 9.98 Å². The van der Waals surface area contributed by atoms with E-state index in [0.29, 0.717) is 16.4 Å². The van der Waals surface area contributed by atoms with Gasteiger partial charge in [-0.05, 0) is 12.1 Å². The second kappa shape index (κ2) is 4.13. The summed E-state index contributed by atoms with van der Waals surface area (Å²) in [5, 5.41) is 2.04. The molecule has 0 amide bonds. The zero-order valence-electron chi connectivity index (χ0n) is 7.48. The number of hydrogen-bond donors (Lipinski definition) is 0. The molecule has 74 valence electrons. The number of thiazole rings is 1. The van der Waals surface area contributed by atoms with Gasteiger partial charge in [0.25, 0.3) is 0 Å². The van der Waals surface area contributed by atoms with Crippen LogP contribution in [0.4, 0.5) is 9.52 Å². The maximum absolute atomic E-state index is 12.9. The zero-order valence-corrected chi connectivity index (χ0v) is 8.29. The van der Waals surface area contributed by atoms with Crippen molar-refractivity contribution in [2.75, 3.05) is 0 Å². The summed E-state index contributed by atoms with van der Waals surface area (Å²) in [4.78, 5) is 17.4. The van der Waals surface area contributed by atoms with Crippen molar-refractivity contribution in [3.63, 3.8) is 0 Å². The first kappa shape index (κ1) is 9.71. The van der Waals surface area contributed by atoms with E-state index in [1.165, 1.54) is 29.5 Å². The van der Waals surface area contributed by atoms with Crippen LogP contribution in [0.2, 0.25) is 0 Å². The third-order valence-electron chi connectivity index (χ3n) is 1.75. The Balaban J connectivity index is 2.41. The summed E-state index contributed by atoms with van der Waals surface area (Å²) in [5.74, 6) is -0.319. The van der Waals surface area contributed by atoms with Crippen molar-refractivity contribution < 1.29 is 9.18 Å². The second-order valence-corrected chi connectivity index (χ2v) is 3.57. The highest BCUT2D eigenvalue weighted by Gasteiger charge is 2.04. The number of aliphatic imine (C=N–C) groups is 1. The van der Waals surface area contributed by atoms with Gasteiger partial charge < -0.3 is 0 Å². The van der Waals surface area contributed by atoms with Gasteiger partial charge >= 0.3 is 0 Å². The molecule has 0 atom stereocenters. The molecule has 0 saturated carbocycles. The summed E-state index contributed by atoms with van der Waals surface area (Å²) in [6.45, 7) is 0. The maximum Gasteiger partial charge on any atom is 0.242 e. The van der Waals surface area contributed by atoms with Gasteiger partial charge in [-0.25, -0.2) is 14.2 Å². The van der Waals surface area contributed by atoms with E-state index in [-0.39, 0.29) is 5.82 Å². The normalized spacial score (nSPS) is 9.67. The van der Waals surface area contributed by atoms with Crippen molar-refractivity contribution in [1.82, 2.24) is 4.98 Å². The minimum Gasteiger partial charge on any atom is -0.218 e. The van der Waals surface area contributed by atoms with Crippen molar-refractivity contribution in [3.8, 4) is 11.3 Å². The fourth-order valence-corrected chi connectivity index (χ4v) is 1.78. The first-order valence-electron chi connectivity index (χ1n) is 4.09. The van der Waals surface area contributed by atoms with Crippen LogP contribution in [0.5, 0.6) is 0 Å². The van der Waals surface area contributed by atoms with Crippen LogP contribution < -0.4 is 0 Å². The molecule has 5 heteroatoms. The van der Waals surface area contributed by atoms with Crippen molar-refractivity contribution in [1.29, 1.82) is 0 Å². The quantitative estimate of drug-likeness (QED) is 0.576.